The molecule has 6 nitrogen and oxygen atoms in total. The first kappa shape index (κ1) is 19.9. The molecule has 2 amide bonds. The van der Waals surface area contributed by atoms with Crippen molar-refractivity contribution in [3.63, 3.8) is 0 Å². The fraction of sp³-hybridized carbons (Fsp3) is 0.550. The lowest BCUT2D eigenvalue weighted by Gasteiger charge is -2.26. The van der Waals surface area contributed by atoms with Crippen LogP contribution in [0.25, 0.3) is 0 Å². The molecule has 0 spiro atoms. The molecule has 4 rings (SSSR count). The van der Waals surface area contributed by atoms with Crippen molar-refractivity contribution in [2.75, 3.05) is 37.7 Å². The highest BCUT2D eigenvalue weighted by Gasteiger charge is 2.47. The van der Waals surface area contributed by atoms with Crippen molar-refractivity contribution in [1.29, 1.82) is 0 Å². The molecule has 9 heteroatoms. The van der Waals surface area contributed by atoms with Crippen LogP contribution >= 0.6 is 0 Å². The van der Waals surface area contributed by atoms with E-state index in [1.807, 2.05) is 17.1 Å². The minimum Gasteiger partial charge on any atom is -0.355 e. The normalized spacial score (nSPS) is 26.0. The topological polar surface area (TPSA) is 56.8 Å². The summed E-state index contributed by atoms with van der Waals surface area (Å²) in [5.74, 6) is -0.130. The van der Waals surface area contributed by atoms with Gasteiger partial charge in [0.05, 0.1) is 24.1 Å². The Morgan fingerprint density at radius 3 is 2.24 bits per heavy atom. The van der Waals surface area contributed by atoms with E-state index in [0.717, 1.165) is 18.7 Å². The van der Waals surface area contributed by atoms with E-state index in [0.29, 0.717) is 44.8 Å². The number of imide groups is 1. The van der Waals surface area contributed by atoms with Gasteiger partial charge in [0.15, 0.2) is 0 Å². The summed E-state index contributed by atoms with van der Waals surface area (Å²) in [6.45, 7) is 2.82. The second kappa shape index (κ2) is 7.78. The highest BCUT2D eigenvalue weighted by Crippen LogP contribution is 2.35. The van der Waals surface area contributed by atoms with Gasteiger partial charge < -0.3 is 4.90 Å². The summed E-state index contributed by atoms with van der Waals surface area (Å²) in [6.07, 6.45) is 2.41. The lowest BCUT2D eigenvalue weighted by Crippen LogP contribution is -2.43. The molecule has 0 unspecified atom stereocenters. The molecule has 1 aliphatic carbocycles. The Hall–Kier alpha value is -2.42. The molecule has 2 aliphatic heterocycles. The number of amides is 2. The first-order valence-corrected chi connectivity index (χ1v) is 9.85. The summed E-state index contributed by atoms with van der Waals surface area (Å²) in [5.41, 5.74) is -0.764. The summed E-state index contributed by atoms with van der Waals surface area (Å²) in [6, 6.07) is 2.44. The second-order valence-electron chi connectivity index (χ2n) is 7.76. The number of pyridine rings is 1. The van der Waals surface area contributed by atoms with Gasteiger partial charge in [-0.25, -0.2) is 4.98 Å². The van der Waals surface area contributed by atoms with E-state index in [9.17, 15) is 22.8 Å². The predicted octanol–water partition coefficient (Wildman–Crippen LogP) is 2.52. The van der Waals surface area contributed by atoms with Gasteiger partial charge in [0.25, 0.3) is 0 Å². The summed E-state index contributed by atoms with van der Waals surface area (Å²) < 4.78 is 38.2. The number of likely N-dealkylation sites (tertiary alicyclic amines) is 1. The minimum absolute atomic E-state index is 0.0881. The monoisotopic (exact) mass is 408 g/mol. The van der Waals surface area contributed by atoms with E-state index in [4.69, 9.17) is 0 Å². The number of hydrogen-bond donors (Lipinski definition) is 0. The third-order valence-electron chi connectivity index (χ3n) is 5.93. The van der Waals surface area contributed by atoms with E-state index in [-0.39, 0.29) is 30.3 Å². The molecular formula is C20H23F3N4O2. The lowest BCUT2D eigenvalue weighted by atomic mass is 9.85. The molecule has 1 aromatic rings. The van der Waals surface area contributed by atoms with Gasteiger partial charge in [-0.2, -0.15) is 13.2 Å². The van der Waals surface area contributed by atoms with E-state index in [2.05, 4.69) is 9.88 Å². The number of allylic oxidation sites excluding steroid dienone is 2. The van der Waals surface area contributed by atoms with Crippen LogP contribution in [0.2, 0.25) is 0 Å². The number of aromatic nitrogens is 1. The van der Waals surface area contributed by atoms with Crippen LogP contribution in [0.4, 0.5) is 19.0 Å². The lowest BCUT2D eigenvalue weighted by molar-refractivity contribution is -0.142. The van der Waals surface area contributed by atoms with Gasteiger partial charge in [-0.05, 0) is 31.4 Å². The highest BCUT2D eigenvalue weighted by atomic mass is 19.4. The van der Waals surface area contributed by atoms with Gasteiger partial charge in [-0.1, -0.05) is 12.2 Å². The Kier molecular flexibility index (Phi) is 5.33. The number of carbonyl (C=O) groups excluding carboxylic acids is 2. The Labute approximate surface area is 167 Å². The summed E-state index contributed by atoms with van der Waals surface area (Å²) in [7, 11) is 0. The average molecular weight is 408 g/mol. The van der Waals surface area contributed by atoms with Crippen molar-refractivity contribution in [3.05, 3.63) is 36.0 Å². The second-order valence-corrected chi connectivity index (χ2v) is 7.76. The summed E-state index contributed by atoms with van der Waals surface area (Å²) in [5, 5.41) is 0. The van der Waals surface area contributed by atoms with Crippen LogP contribution in [0.3, 0.4) is 0 Å². The molecule has 0 aromatic carbocycles. The SMILES string of the molecule is O=C1[C@H]2CC=CC[C@@H]2C(=O)N1CN1CCCN(c2ccc(C(F)(F)F)cn2)CC1. The highest BCUT2D eigenvalue weighted by molar-refractivity contribution is 6.05. The van der Waals surface area contributed by atoms with E-state index in [1.165, 1.54) is 11.0 Å². The number of hydrogen-bond acceptors (Lipinski definition) is 5. The Morgan fingerprint density at radius 2 is 1.66 bits per heavy atom. The van der Waals surface area contributed by atoms with Gasteiger partial charge in [0, 0.05) is 32.4 Å². The molecular weight excluding hydrogens is 385 g/mol. The molecule has 0 radical (unpaired) electrons. The third-order valence-corrected chi connectivity index (χ3v) is 5.93. The average Bonchev–Trinajstić information content (AvgIpc) is 2.87. The number of rotatable bonds is 3. The molecule has 3 aliphatic rings. The largest absolute Gasteiger partial charge is 0.417 e. The smallest absolute Gasteiger partial charge is 0.355 e. The molecule has 156 valence electrons. The van der Waals surface area contributed by atoms with Crippen LogP contribution in [0.15, 0.2) is 30.5 Å². The van der Waals surface area contributed by atoms with E-state index < -0.39 is 11.7 Å². The first-order valence-electron chi connectivity index (χ1n) is 9.85. The van der Waals surface area contributed by atoms with Gasteiger partial charge in [0.2, 0.25) is 11.8 Å². The van der Waals surface area contributed by atoms with Crippen molar-refractivity contribution in [2.45, 2.75) is 25.4 Å². The fourth-order valence-corrected chi connectivity index (χ4v) is 4.29. The zero-order valence-electron chi connectivity index (χ0n) is 15.9. The van der Waals surface area contributed by atoms with Crippen LogP contribution in [0, 0.1) is 11.8 Å². The maximum absolute atomic E-state index is 12.7. The van der Waals surface area contributed by atoms with Crippen molar-refractivity contribution < 1.29 is 22.8 Å². The van der Waals surface area contributed by atoms with Crippen molar-refractivity contribution in [3.8, 4) is 0 Å². The summed E-state index contributed by atoms with van der Waals surface area (Å²) in [4.78, 5) is 34.6. The minimum atomic E-state index is -4.40. The summed E-state index contributed by atoms with van der Waals surface area (Å²) >= 11 is 0. The van der Waals surface area contributed by atoms with Gasteiger partial charge in [-0.15, -0.1) is 0 Å². The molecule has 3 heterocycles. The van der Waals surface area contributed by atoms with Crippen LogP contribution in [0.1, 0.15) is 24.8 Å². The molecule has 0 saturated carbocycles. The zero-order valence-corrected chi connectivity index (χ0v) is 15.9. The van der Waals surface area contributed by atoms with Crippen LogP contribution in [-0.4, -0.2) is 59.4 Å². The van der Waals surface area contributed by atoms with Crippen molar-refractivity contribution >= 4 is 17.6 Å². The van der Waals surface area contributed by atoms with Gasteiger partial charge in [0.1, 0.15) is 5.82 Å². The molecule has 2 saturated heterocycles. The number of carbonyl (C=O) groups is 2. The molecule has 0 N–H and O–H groups in total. The van der Waals surface area contributed by atoms with Crippen LogP contribution in [-0.2, 0) is 15.8 Å². The zero-order chi connectivity index (χ0) is 20.6. The molecule has 29 heavy (non-hydrogen) atoms. The van der Waals surface area contributed by atoms with Crippen LogP contribution < -0.4 is 4.90 Å². The maximum atomic E-state index is 12.7. The number of alkyl halides is 3. The van der Waals surface area contributed by atoms with Gasteiger partial charge >= 0.3 is 6.18 Å². The Balaban J connectivity index is 1.37. The number of anilines is 1. The maximum Gasteiger partial charge on any atom is 0.417 e. The first-order chi connectivity index (χ1) is 13.8. The molecule has 2 fully saturated rings. The number of halogens is 3. The quantitative estimate of drug-likeness (QED) is 0.568. The molecule has 0 bridgehead atoms. The standard InChI is InChI=1S/C20H23F3N4O2/c21-20(22,23)14-6-7-17(24-12-14)26-9-3-8-25(10-11-26)13-27-18(28)15-4-1-2-5-16(15)19(27)29/h1-2,6-7,12,15-16H,3-5,8-11,13H2/t15-,16-/m0/s1. The fourth-order valence-electron chi connectivity index (χ4n) is 4.29. The Morgan fingerprint density at radius 1 is 0.966 bits per heavy atom. The number of nitrogens with zero attached hydrogens (tertiary/aromatic N) is 4. The van der Waals surface area contributed by atoms with Crippen molar-refractivity contribution in [2.24, 2.45) is 11.8 Å². The third kappa shape index (κ3) is 4.01. The molecule has 1 aromatic heterocycles. The van der Waals surface area contributed by atoms with E-state index >= 15 is 0 Å². The molecule has 2 atom stereocenters. The predicted molar refractivity (Wildman–Crippen MR) is 99.7 cm³/mol. The van der Waals surface area contributed by atoms with E-state index in [1.54, 1.807) is 0 Å². The Bertz CT molecular complexity index is 783. The van der Waals surface area contributed by atoms with Crippen LogP contribution in [0.5, 0.6) is 0 Å². The van der Waals surface area contributed by atoms with Crippen molar-refractivity contribution in [1.82, 2.24) is 14.8 Å². The number of fused-ring (bicyclic) bond motifs is 1. The van der Waals surface area contributed by atoms with Gasteiger partial charge in [-0.3, -0.25) is 19.4 Å².